The van der Waals surface area contributed by atoms with Crippen LogP contribution in [0.1, 0.15) is 30.9 Å². The normalized spacial score (nSPS) is 22.2. The Labute approximate surface area is 124 Å². The van der Waals surface area contributed by atoms with Gasteiger partial charge < -0.3 is 10.2 Å². The van der Waals surface area contributed by atoms with Gasteiger partial charge in [0.1, 0.15) is 0 Å². The van der Waals surface area contributed by atoms with E-state index in [1.807, 2.05) is 30.1 Å². The Morgan fingerprint density at radius 1 is 1.29 bits per heavy atom. The lowest BCUT2D eigenvalue weighted by molar-refractivity contribution is -0.186. The number of piperidine rings is 1. The fourth-order valence-corrected chi connectivity index (χ4v) is 3.00. The molecule has 2 rings (SSSR count). The minimum Gasteiger partial charge on any atom is -0.313 e. The molecule has 1 aromatic rings. The van der Waals surface area contributed by atoms with E-state index in [1.165, 1.54) is 5.56 Å². The molecule has 118 valence electrons. The van der Waals surface area contributed by atoms with Gasteiger partial charge >= 0.3 is 6.18 Å². The molecule has 5 heteroatoms. The number of hydrogen-bond donors (Lipinski definition) is 1. The Balaban J connectivity index is 1.87. The Kier molecular flexibility index (Phi) is 5.65. The first-order chi connectivity index (χ1) is 10.0. The highest BCUT2D eigenvalue weighted by Gasteiger charge is 2.41. The van der Waals surface area contributed by atoms with E-state index in [0.717, 1.165) is 13.0 Å². The molecule has 0 bridgehead atoms. The predicted octanol–water partition coefficient (Wildman–Crippen LogP) is 3.61. The van der Waals surface area contributed by atoms with E-state index in [9.17, 15) is 13.2 Å². The smallest absolute Gasteiger partial charge is 0.313 e. The lowest BCUT2D eigenvalue weighted by Crippen LogP contribution is -2.42. The lowest BCUT2D eigenvalue weighted by atomic mass is 9.96. The van der Waals surface area contributed by atoms with Crippen molar-refractivity contribution in [3.63, 3.8) is 0 Å². The molecule has 2 nitrogen and oxygen atoms in total. The Hall–Kier alpha value is -1.07. The molecule has 1 fully saturated rings. The van der Waals surface area contributed by atoms with Gasteiger partial charge in [0.25, 0.3) is 0 Å². The standard InChI is InChI=1S/C16H23F3N2/c1-20-15(13-6-3-2-4-7-13)9-11-21-10-5-8-14(12-21)16(17,18)19/h2-4,6-7,14-15,20H,5,8-12H2,1H3. The van der Waals surface area contributed by atoms with Gasteiger partial charge in [0, 0.05) is 12.6 Å². The van der Waals surface area contributed by atoms with E-state index in [2.05, 4.69) is 17.4 Å². The summed E-state index contributed by atoms with van der Waals surface area (Å²) in [5.41, 5.74) is 1.18. The summed E-state index contributed by atoms with van der Waals surface area (Å²) >= 11 is 0. The summed E-state index contributed by atoms with van der Waals surface area (Å²) in [7, 11) is 1.90. The summed E-state index contributed by atoms with van der Waals surface area (Å²) in [5, 5.41) is 3.25. The molecule has 0 saturated carbocycles. The van der Waals surface area contributed by atoms with Gasteiger partial charge in [-0.25, -0.2) is 0 Å². The number of alkyl halides is 3. The summed E-state index contributed by atoms with van der Waals surface area (Å²) in [5.74, 6) is -1.16. The van der Waals surface area contributed by atoms with Crippen LogP contribution < -0.4 is 5.32 Å². The SMILES string of the molecule is CNC(CCN1CCCC(C(F)(F)F)C1)c1ccccc1. The molecule has 1 aliphatic rings. The van der Waals surface area contributed by atoms with Crippen molar-refractivity contribution in [1.82, 2.24) is 10.2 Å². The van der Waals surface area contributed by atoms with Crippen molar-refractivity contribution in [3.05, 3.63) is 35.9 Å². The first kappa shape index (κ1) is 16.3. The fraction of sp³-hybridized carbons (Fsp3) is 0.625. The minimum atomic E-state index is -4.06. The monoisotopic (exact) mass is 300 g/mol. The number of likely N-dealkylation sites (tertiary alicyclic amines) is 1. The largest absolute Gasteiger partial charge is 0.393 e. The number of nitrogens with one attached hydrogen (secondary N) is 1. The summed E-state index contributed by atoms with van der Waals surface area (Å²) < 4.78 is 38.4. The predicted molar refractivity (Wildman–Crippen MR) is 78.1 cm³/mol. The highest BCUT2D eigenvalue weighted by atomic mass is 19.4. The van der Waals surface area contributed by atoms with E-state index in [4.69, 9.17) is 0 Å². The lowest BCUT2D eigenvalue weighted by Gasteiger charge is -2.34. The van der Waals surface area contributed by atoms with Gasteiger partial charge in [0.05, 0.1) is 5.92 Å². The third kappa shape index (κ3) is 4.71. The van der Waals surface area contributed by atoms with Crippen LogP contribution in [0.5, 0.6) is 0 Å². The molecule has 0 aliphatic carbocycles. The second-order valence-electron chi connectivity index (χ2n) is 5.72. The Bertz CT molecular complexity index is 419. The molecule has 0 aromatic heterocycles. The maximum absolute atomic E-state index is 12.8. The average molecular weight is 300 g/mol. The van der Waals surface area contributed by atoms with Gasteiger partial charge in [-0.2, -0.15) is 13.2 Å². The number of hydrogen-bond acceptors (Lipinski definition) is 2. The zero-order valence-electron chi connectivity index (χ0n) is 12.4. The average Bonchev–Trinajstić information content (AvgIpc) is 2.48. The zero-order valence-corrected chi connectivity index (χ0v) is 12.4. The van der Waals surface area contributed by atoms with Gasteiger partial charge in [-0.3, -0.25) is 0 Å². The zero-order chi connectivity index (χ0) is 15.3. The third-order valence-electron chi connectivity index (χ3n) is 4.25. The topological polar surface area (TPSA) is 15.3 Å². The molecule has 2 unspecified atom stereocenters. The van der Waals surface area contributed by atoms with Crippen molar-refractivity contribution in [1.29, 1.82) is 0 Å². The quantitative estimate of drug-likeness (QED) is 0.893. The van der Waals surface area contributed by atoms with E-state index in [0.29, 0.717) is 13.0 Å². The van der Waals surface area contributed by atoms with Crippen molar-refractivity contribution < 1.29 is 13.2 Å². The number of benzene rings is 1. The molecule has 1 saturated heterocycles. The molecule has 0 amide bonds. The molecule has 1 aromatic carbocycles. The van der Waals surface area contributed by atoms with Gasteiger partial charge in [-0.15, -0.1) is 0 Å². The minimum absolute atomic E-state index is 0.148. The molecular formula is C16H23F3N2. The van der Waals surface area contributed by atoms with Crippen LogP contribution in [-0.4, -0.2) is 37.8 Å². The van der Waals surface area contributed by atoms with Crippen LogP contribution in [0.4, 0.5) is 13.2 Å². The Morgan fingerprint density at radius 2 is 2.00 bits per heavy atom. The van der Waals surface area contributed by atoms with Gasteiger partial charge in [0.2, 0.25) is 0 Å². The molecule has 1 N–H and O–H groups in total. The molecule has 1 aliphatic heterocycles. The van der Waals surface area contributed by atoms with Crippen LogP contribution in [0, 0.1) is 5.92 Å². The molecule has 0 radical (unpaired) electrons. The second-order valence-corrected chi connectivity index (χ2v) is 5.72. The van der Waals surface area contributed by atoms with E-state index in [-0.39, 0.29) is 19.0 Å². The molecule has 1 heterocycles. The second kappa shape index (κ2) is 7.27. The summed E-state index contributed by atoms with van der Waals surface area (Å²) in [6.07, 6.45) is -2.32. The summed E-state index contributed by atoms with van der Waals surface area (Å²) in [6.45, 7) is 1.62. The first-order valence-electron chi connectivity index (χ1n) is 7.52. The van der Waals surface area contributed by atoms with Crippen molar-refractivity contribution in [2.45, 2.75) is 31.5 Å². The van der Waals surface area contributed by atoms with E-state index < -0.39 is 12.1 Å². The fourth-order valence-electron chi connectivity index (χ4n) is 3.00. The highest BCUT2D eigenvalue weighted by Crippen LogP contribution is 2.33. The van der Waals surface area contributed by atoms with E-state index in [1.54, 1.807) is 0 Å². The molecule has 0 spiro atoms. The van der Waals surface area contributed by atoms with Crippen LogP contribution in [-0.2, 0) is 0 Å². The Morgan fingerprint density at radius 3 is 2.62 bits per heavy atom. The molecule has 21 heavy (non-hydrogen) atoms. The van der Waals surface area contributed by atoms with Crippen molar-refractivity contribution in [3.8, 4) is 0 Å². The molecular weight excluding hydrogens is 277 g/mol. The summed E-state index contributed by atoms with van der Waals surface area (Å²) in [6, 6.07) is 10.2. The maximum atomic E-state index is 12.8. The third-order valence-corrected chi connectivity index (χ3v) is 4.25. The van der Waals surface area contributed by atoms with Crippen LogP contribution >= 0.6 is 0 Å². The van der Waals surface area contributed by atoms with Crippen LogP contribution in [0.25, 0.3) is 0 Å². The van der Waals surface area contributed by atoms with Crippen LogP contribution in [0.2, 0.25) is 0 Å². The van der Waals surface area contributed by atoms with Crippen molar-refractivity contribution in [2.75, 3.05) is 26.7 Å². The van der Waals surface area contributed by atoms with Crippen LogP contribution in [0.15, 0.2) is 30.3 Å². The van der Waals surface area contributed by atoms with Gasteiger partial charge in [0.15, 0.2) is 0 Å². The van der Waals surface area contributed by atoms with Gasteiger partial charge in [-0.05, 0) is 45.0 Å². The summed E-state index contributed by atoms with van der Waals surface area (Å²) in [4.78, 5) is 1.95. The van der Waals surface area contributed by atoms with Crippen molar-refractivity contribution >= 4 is 0 Å². The maximum Gasteiger partial charge on any atom is 0.393 e. The molecule has 2 atom stereocenters. The highest BCUT2D eigenvalue weighted by molar-refractivity contribution is 5.18. The first-order valence-corrected chi connectivity index (χ1v) is 7.52. The van der Waals surface area contributed by atoms with Gasteiger partial charge in [-0.1, -0.05) is 30.3 Å². The van der Waals surface area contributed by atoms with Crippen LogP contribution in [0.3, 0.4) is 0 Å². The van der Waals surface area contributed by atoms with Crippen molar-refractivity contribution in [2.24, 2.45) is 5.92 Å². The number of halogens is 3. The van der Waals surface area contributed by atoms with E-state index >= 15 is 0 Å². The number of nitrogens with zero attached hydrogens (tertiary/aromatic N) is 1. The number of rotatable bonds is 5.